The Bertz CT molecular complexity index is 437. The number of nitrogens with zero attached hydrogens (tertiary/aromatic N) is 3. The van der Waals surface area contributed by atoms with E-state index in [1.807, 2.05) is 0 Å². The molecule has 3 unspecified atom stereocenters. The van der Waals surface area contributed by atoms with E-state index in [0.717, 1.165) is 51.4 Å². The Labute approximate surface area is 121 Å². The zero-order valence-electron chi connectivity index (χ0n) is 12.6. The molecular formula is C16H25N3O. The third-order valence-corrected chi connectivity index (χ3v) is 5.17. The zero-order valence-corrected chi connectivity index (χ0v) is 12.6. The summed E-state index contributed by atoms with van der Waals surface area (Å²) in [5.74, 6) is 1.63. The molecule has 0 radical (unpaired) electrons. The summed E-state index contributed by atoms with van der Waals surface area (Å²) in [6.45, 7) is 8.37. The monoisotopic (exact) mass is 275 g/mol. The lowest BCUT2D eigenvalue weighted by molar-refractivity contribution is 0.0829. The highest BCUT2D eigenvalue weighted by molar-refractivity contribution is 5.80. The topological polar surface area (TPSA) is 48.6 Å². The largest absolute Gasteiger partial charge is 0.479 e. The summed E-state index contributed by atoms with van der Waals surface area (Å²) in [6.07, 6.45) is 4.50. The lowest BCUT2D eigenvalue weighted by atomic mass is 9.70. The molecule has 2 fully saturated rings. The first-order valence-corrected chi connectivity index (χ1v) is 7.90. The molecule has 1 saturated carbocycles. The number of hydrogen-bond donors (Lipinski definition) is 0. The van der Waals surface area contributed by atoms with Crippen molar-refractivity contribution < 1.29 is 4.74 Å². The molecule has 2 aliphatic heterocycles. The van der Waals surface area contributed by atoms with E-state index in [9.17, 15) is 5.26 Å². The van der Waals surface area contributed by atoms with E-state index in [4.69, 9.17) is 4.74 Å². The Morgan fingerprint density at radius 3 is 2.95 bits per heavy atom. The van der Waals surface area contributed by atoms with Gasteiger partial charge in [0.2, 0.25) is 0 Å². The standard InChI is InChI=1S/C16H25N3O/c1-16(2)5-3-12(10-17)14(9-16)19-7-4-13(11-19)15-18-6-8-20-15/h12-14H,3-9,11H2,1-2H3. The molecule has 0 amide bonds. The molecule has 0 N–H and O–H groups in total. The first kappa shape index (κ1) is 13.9. The molecule has 0 aromatic heterocycles. The van der Waals surface area contributed by atoms with Crippen LogP contribution in [-0.4, -0.2) is 43.1 Å². The van der Waals surface area contributed by atoms with Crippen LogP contribution in [0.15, 0.2) is 4.99 Å². The average molecular weight is 275 g/mol. The van der Waals surface area contributed by atoms with Crippen LogP contribution in [0.1, 0.15) is 39.5 Å². The van der Waals surface area contributed by atoms with Crippen LogP contribution < -0.4 is 0 Å². The fraction of sp³-hybridized carbons (Fsp3) is 0.875. The maximum absolute atomic E-state index is 9.44. The van der Waals surface area contributed by atoms with Crippen LogP contribution in [0.3, 0.4) is 0 Å². The summed E-state index contributed by atoms with van der Waals surface area (Å²) < 4.78 is 5.62. The fourth-order valence-electron chi connectivity index (χ4n) is 3.97. The van der Waals surface area contributed by atoms with E-state index in [2.05, 4.69) is 29.8 Å². The molecule has 3 rings (SSSR count). The van der Waals surface area contributed by atoms with Crippen LogP contribution in [0.4, 0.5) is 0 Å². The summed E-state index contributed by atoms with van der Waals surface area (Å²) >= 11 is 0. The predicted molar refractivity (Wildman–Crippen MR) is 78.5 cm³/mol. The second-order valence-electron chi connectivity index (χ2n) is 7.26. The van der Waals surface area contributed by atoms with Gasteiger partial charge in [0.15, 0.2) is 5.90 Å². The van der Waals surface area contributed by atoms with Gasteiger partial charge < -0.3 is 4.74 Å². The van der Waals surface area contributed by atoms with Gasteiger partial charge in [-0.1, -0.05) is 13.8 Å². The highest BCUT2D eigenvalue weighted by Crippen LogP contribution is 2.41. The number of likely N-dealkylation sites (tertiary alicyclic amines) is 1. The van der Waals surface area contributed by atoms with Gasteiger partial charge in [0.05, 0.1) is 18.5 Å². The summed E-state index contributed by atoms with van der Waals surface area (Å²) in [4.78, 5) is 7.00. The van der Waals surface area contributed by atoms with Gasteiger partial charge in [-0.05, 0) is 37.6 Å². The minimum absolute atomic E-state index is 0.202. The van der Waals surface area contributed by atoms with Crippen molar-refractivity contribution in [3.63, 3.8) is 0 Å². The Kier molecular flexibility index (Phi) is 3.72. The number of aliphatic imine (C=N–C) groups is 1. The number of nitriles is 1. The SMILES string of the molecule is CC1(C)CCC(C#N)C(N2CCC(C3=NCCO3)C2)C1. The summed E-state index contributed by atoms with van der Waals surface area (Å²) in [5.41, 5.74) is 0.372. The second-order valence-corrected chi connectivity index (χ2v) is 7.26. The Morgan fingerprint density at radius 2 is 2.25 bits per heavy atom. The first-order chi connectivity index (χ1) is 9.59. The molecular weight excluding hydrogens is 250 g/mol. The zero-order chi connectivity index (χ0) is 14.2. The van der Waals surface area contributed by atoms with Gasteiger partial charge in [-0.25, -0.2) is 0 Å². The molecule has 1 saturated heterocycles. The maximum atomic E-state index is 9.44. The quantitative estimate of drug-likeness (QED) is 0.778. The average Bonchev–Trinajstić information content (AvgIpc) is 3.09. The normalized spacial score (nSPS) is 37.2. The van der Waals surface area contributed by atoms with Crippen molar-refractivity contribution in [3.05, 3.63) is 0 Å². The fourth-order valence-corrected chi connectivity index (χ4v) is 3.97. The van der Waals surface area contributed by atoms with E-state index >= 15 is 0 Å². The van der Waals surface area contributed by atoms with Gasteiger partial charge in [0, 0.05) is 18.5 Å². The molecule has 0 aromatic rings. The van der Waals surface area contributed by atoms with Crippen molar-refractivity contribution in [3.8, 4) is 6.07 Å². The predicted octanol–water partition coefficient (Wildman–Crippen LogP) is 2.46. The van der Waals surface area contributed by atoms with E-state index in [1.54, 1.807) is 0 Å². The van der Waals surface area contributed by atoms with E-state index in [0.29, 0.717) is 17.4 Å². The summed E-state index contributed by atoms with van der Waals surface area (Å²) in [7, 11) is 0. The molecule has 2 heterocycles. The number of rotatable bonds is 2. The Balaban J connectivity index is 1.67. The summed E-state index contributed by atoms with van der Waals surface area (Å²) in [6, 6.07) is 2.98. The van der Waals surface area contributed by atoms with E-state index in [-0.39, 0.29) is 5.92 Å². The van der Waals surface area contributed by atoms with Crippen molar-refractivity contribution in [1.29, 1.82) is 5.26 Å². The lowest BCUT2D eigenvalue weighted by Crippen LogP contribution is -2.45. The number of ether oxygens (including phenoxy) is 1. The molecule has 0 spiro atoms. The Hall–Kier alpha value is -1.08. The van der Waals surface area contributed by atoms with Crippen LogP contribution in [0.5, 0.6) is 0 Å². The molecule has 3 aliphatic rings. The maximum Gasteiger partial charge on any atom is 0.187 e. The summed E-state index contributed by atoms with van der Waals surface area (Å²) in [5, 5.41) is 9.44. The minimum atomic E-state index is 0.202. The Morgan fingerprint density at radius 1 is 1.40 bits per heavy atom. The van der Waals surface area contributed by atoms with Gasteiger partial charge in [-0.2, -0.15) is 5.26 Å². The van der Waals surface area contributed by atoms with Crippen molar-refractivity contribution in [2.24, 2.45) is 22.2 Å². The second kappa shape index (κ2) is 5.37. The number of hydrogen-bond acceptors (Lipinski definition) is 4. The third kappa shape index (κ3) is 2.69. The van der Waals surface area contributed by atoms with E-state index < -0.39 is 0 Å². The van der Waals surface area contributed by atoms with Crippen LogP contribution in [0.2, 0.25) is 0 Å². The van der Waals surface area contributed by atoms with Crippen molar-refractivity contribution >= 4 is 5.90 Å². The smallest absolute Gasteiger partial charge is 0.187 e. The van der Waals surface area contributed by atoms with Gasteiger partial charge in [-0.15, -0.1) is 0 Å². The van der Waals surface area contributed by atoms with Crippen LogP contribution >= 0.6 is 0 Å². The molecule has 0 aromatic carbocycles. The third-order valence-electron chi connectivity index (χ3n) is 5.17. The lowest BCUT2D eigenvalue weighted by Gasteiger charge is -2.42. The molecule has 4 heteroatoms. The first-order valence-electron chi connectivity index (χ1n) is 7.90. The minimum Gasteiger partial charge on any atom is -0.479 e. The van der Waals surface area contributed by atoms with E-state index in [1.165, 1.54) is 6.42 Å². The highest BCUT2D eigenvalue weighted by Gasteiger charge is 2.41. The molecule has 4 nitrogen and oxygen atoms in total. The van der Waals surface area contributed by atoms with Gasteiger partial charge in [0.1, 0.15) is 6.61 Å². The van der Waals surface area contributed by atoms with Crippen molar-refractivity contribution in [2.75, 3.05) is 26.2 Å². The van der Waals surface area contributed by atoms with Gasteiger partial charge >= 0.3 is 0 Å². The van der Waals surface area contributed by atoms with Crippen molar-refractivity contribution in [1.82, 2.24) is 4.90 Å². The van der Waals surface area contributed by atoms with Crippen LogP contribution in [-0.2, 0) is 4.74 Å². The molecule has 1 aliphatic carbocycles. The van der Waals surface area contributed by atoms with Crippen LogP contribution in [0.25, 0.3) is 0 Å². The molecule has 20 heavy (non-hydrogen) atoms. The molecule has 3 atom stereocenters. The van der Waals surface area contributed by atoms with Gasteiger partial charge in [-0.3, -0.25) is 9.89 Å². The highest BCUT2D eigenvalue weighted by atomic mass is 16.5. The van der Waals surface area contributed by atoms with Crippen molar-refractivity contribution in [2.45, 2.75) is 45.6 Å². The van der Waals surface area contributed by atoms with Crippen LogP contribution in [0, 0.1) is 28.6 Å². The molecule has 0 bridgehead atoms. The molecule has 110 valence electrons. The van der Waals surface area contributed by atoms with Gasteiger partial charge in [0.25, 0.3) is 0 Å².